The number of aromatic nitrogens is 2. The average Bonchev–Trinajstić information content (AvgIpc) is 3.15. The van der Waals surface area contributed by atoms with Gasteiger partial charge in [0.15, 0.2) is 5.16 Å². The monoisotopic (exact) mass is 470 g/mol. The van der Waals surface area contributed by atoms with Crippen molar-refractivity contribution < 1.29 is 22.9 Å². The van der Waals surface area contributed by atoms with Crippen molar-refractivity contribution in [2.45, 2.75) is 23.5 Å². The third kappa shape index (κ3) is 5.36. The van der Waals surface area contributed by atoms with Crippen LogP contribution in [-0.4, -0.2) is 25.6 Å². The highest BCUT2D eigenvalue weighted by molar-refractivity contribution is 8.00. The molecule has 0 fully saturated rings. The molecule has 1 unspecified atom stereocenters. The zero-order valence-electron chi connectivity index (χ0n) is 15.8. The van der Waals surface area contributed by atoms with E-state index in [2.05, 4.69) is 10.3 Å². The van der Waals surface area contributed by atoms with Gasteiger partial charge in [0.1, 0.15) is 0 Å². The number of thioether (sulfide) groups is 1. The molecule has 31 heavy (non-hydrogen) atoms. The predicted octanol–water partition coefficient (Wildman–Crippen LogP) is 5.57. The number of carbonyl (C=O) groups is 1. The fourth-order valence-corrected chi connectivity index (χ4v) is 3.70. The first-order valence-electron chi connectivity index (χ1n) is 8.68. The molecule has 3 rings (SSSR count). The number of hydrogen-bond acceptors (Lipinski definition) is 5. The van der Waals surface area contributed by atoms with Crippen LogP contribution in [0.25, 0.3) is 5.69 Å². The number of anilines is 1. The maximum atomic E-state index is 13.3. The summed E-state index contributed by atoms with van der Waals surface area (Å²) in [7, 11) is 0. The summed E-state index contributed by atoms with van der Waals surface area (Å²) in [5.74, 6) is -0.718. The summed E-state index contributed by atoms with van der Waals surface area (Å²) in [4.78, 5) is 26.6. The highest BCUT2D eigenvalue weighted by atomic mass is 35.5. The number of nitrogens with one attached hydrogen (secondary N) is 1. The van der Waals surface area contributed by atoms with E-state index in [0.717, 1.165) is 23.9 Å². The summed E-state index contributed by atoms with van der Waals surface area (Å²) < 4.78 is 41.6. The van der Waals surface area contributed by atoms with Crippen LogP contribution in [-0.2, 0) is 11.0 Å². The van der Waals surface area contributed by atoms with Crippen molar-refractivity contribution in [3.8, 4) is 5.69 Å². The molecule has 12 heteroatoms. The molecule has 7 nitrogen and oxygen atoms in total. The smallest absolute Gasteiger partial charge is 0.325 e. The molecular formula is C19H14ClF3N4O3S. The first-order chi connectivity index (χ1) is 14.6. The van der Waals surface area contributed by atoms with Gasteiger partial charge in [0.05, 0.1) is 21.4 Å². The Balaban J connectivity index is 1.80. The first kappa shape index (κ1) is 22.6. The van der Waals surface area contributed by atoms with Crippen molar-refractivity contribution in [1.29, 1.82) is 0 Å². The molecule has 0 bridgehead atoms. The van der Waals surface area contributed by atoms with E-state index in [9.17, 15) is 28.1 Å². The topological polar surface area (TPSA) is 90.1 Å². The number of halogens is 4. The zero-order valence-corrected chi connectivity index (χ0v) is 17.3. The van der Waals surface area contributed by atoms with Crippen LogP contribution in [0.15, 0.2) is 60.0 Å². The van der Waals surface area contributed by atoms with Crippen molar-refractivity contribution in [1.82, 2.24) is 9.55 Å². The van der Waals surface area contributed by atoms with Gasteiger partial charge in [-0.3, -0.25) is 19.5 Å². The Morgan fingerprint density at radius 2 is 2.03 bits per heavy atom. The summed E-state index contributed by atoms with van der Waals surface area (Å²) in [6, 6.07) is 9.08. The standard InChI is InChI=1S/C19H14ClF3N4O3S/c1-11(31-18-24-7-8-26(18)13-4-2-3-12(20)9-13)17(28)25-16-6-5-14(27(29)30)10-15(16)19(21,22)23/h2-11H,1H3,(H,25,28). The van der Waals surface area contributed by atoms with E-state index in [1.165, 1.54) is 13.1 Å². The Kier molecular flexibility index (Phi) is 6.56. The van der Waals surface area contributed by atoms with Crippen LogP contribution in [0.4, 0.5) is 24.5 Å². The Morgan fingerprint density at radius 3 is 2.68 bits per heavy atom. The summed E-state index contributed by atoms with van der Waals surface area (Å²) in [6.07, 6.45) is -1.70. The Morgan fingerprint density at radius 1 is 1.29 bits per heavy atom. The van der Waals surface area contributed by atoms with E-state index in [0.29, 0.717) is 21.9 Å². The molecule has 0 spiro atoms. The first-order valence-corrected chi connectivity index (χ1v) is 9.94. The molecule has 0 aliphatic rings. The summed E-state index contributed by atoms with van der Waals surface area (Å²) in [5.41, 5.74) is -1.88. The molecule has 162 valence electrons. The molecule has 0 saturated carbocycles. The maximum absolute atomic E-state index is 13.3. The average molecular weight is 471 g/mol. The van der Waals surface area contributed by atoms with Crippen molar-refractivity contribution in [2.75, 3.05) is 5.32 Å². The van der Waals surface area contributed by atoms with Gasteiger partial charge in [0, 0.05) is 35.2 Å². The molecule has 1 amide bonds. The number of alkyl halides is 3. The van der Waals surface area contributed by atoms with E-state index in [-0.39, 0.29) is 0 Å². The number of rotatable bonds is 6. The summed E-state index contributed by atoms with van der Waals surface area (Å²) >= 11 is 7.04. The van der Waals surface area contributed by atoms with Gasteiger partial charge in [-0.1, -0.05) is 29.4 Å². The molecule has 0 saturated heterocycles. The van der Waals surface area contributed by atoms with Crippen LogP contribution >= 0.6 is 23.4 Å². The minimum Gasteiger partial charge on any atom is -0.325 e. The van der Waals surface area contributed by atoms with Crippen LogP contribution < -0.4 is 5.32 Å². The second-order valence-electron chi connectivity index (χ2n) is 6.29. The molecule has 3 aromatic rings. The lowest BCUT2D eigenvalue weighted by molar-refractivity contribution is -0.385. The van der Waals surface area contributed by atoms with Crippen LogP contribution in [0.5, 0.6) is 0 Å². The van der Waals surface area contributed by atoms with Crippen molar-refractivity contribution in [3.63, 3.8) is 0 Å². The van der Waals surface area contributed by atoms with E-state index in [4.69, 9.17) is 11.6 Å². The fraction of sp³-hybridized carbons (Fsp3) is 0.158. The third-order valence-electron chi connectivity index (χ3n) is 4.12. The molecule has 0 aliphatic heterocycles. The zero-order chi connectivity index (χ0) is 22.8. The molecule has 0 radical (unpaired) electrons. The molecule has 1 N–H and O–H groups in total. The normalized spacial score (nSPS) is 12.4. The number of nitrogens with zero attached hydrogens (tertiary/aromatic N) is 3. The van der Waals surface area contributed by atoms with E-state index >= 15 is 0 Å². The van der Waals surface area contributed by atoms with Gasteiger partial charge in [-0.2, -0.15) is 13.2 Å². The van der Waals surface area contributed by atoms with Gasteiger partial charge >= 0.3 is 6.18 Å². The summed E-state index contributed by atoms with van der Waals surface area (Å²) in [6.45, 7) is 1.51. The lowest BCUT2D eigenvalue weighted by atomic mass is 10.1. The Labute approximate surface area is 183 Å². The summed E-state index contributed by atoms with van der Waals surface area (Å²) in [5, 5.41) is 13.1. The van der Waals surface area contributed by atoms with Crippen LogP contribution in [0.1, 0.15) is 12.5 Å². The van der Waals surface area contributed by atoms with E-state index in [1.807, 2.05) is 0 Å². The number of benzene rings is 2. The minimum atomic E-state index is -4.88. The van der Waals surface area contributed by atoms with Gasteiger partial charge in [0.25, 0.3) is 5.69 Å². The number of nitro benzene ring substituents is 1. The van der Waals surface area contributed by atoms with Crippen molar-refractivity contribution >= 4 is 40.6 Å². The number of carbonyl (C=O) groups excluding carboxylic acids is 1. The Bertz CT molecular complexity index is 1140. The largest absolute Gasteiger partial charge is 0.418 e. The maximum Gasteiger partial charge on any atom is 0.418 e. The van der Waals surface area contributed by atoms with Crippen LogP contribution in [0.2, 0.25) is 5.02 Å². The predicted molar refractivity (Wildman–Crippen MR) is 111 cm³/mol. The van der Waals surface area contributed by atoms with Gasteiger partial charge < -0.3 is 5.32 Å². The number of hydrogen-bond donors (Lipinski definition) is 1. The molecule has 1 heterocycles. The van der Waals surface area contributed by atoms with E-state index in [1.54, 1.807) is 35.0 Å². The fourth-order valence-electron chi connectivity index (χ4n) is 2.63. The number of imidazole rings is 1. The lowest BCUT2D eigenvalue weighted by Crippen LogP contribution is -2.24. The second-order valence-corrected chi connectivity index (χ2v) is 8.04. The second kappa shape index (κ2) is 8.98. The highest BCUT2D eigenvalue weighted by Crippen LogP contribution is 2.37. The van der Waals surface area contributed by atoms with Gasteiger partial charge in [-0.05, 0) is 31.2 Å². The number of non-ortho nitro benzene ring substituents is 1. The minimum absolute atomic E-state index is 0.388. The van der Waals surface area contributed by atoms with E-state index < -0.39 is 39.2 Å². The van der Waals surface area contributed by atoms with Gasteiger partial charge in [0.2, 0.25) is 5.91 Å². The molecule has 0 aliphatic carbocycles. The molecule has 2 aromatic carbocycles. The van der Waals surface area contributed by atoms with Crippen molar-refractivity contribution in [3.05, 3.63) is 75.6 Å². The molecule has 1 aromatic heterocycles. The van der Waals surface area contributed by atoms with Gasteiger partial charge in [-0.15, -0.1) is 0 Å². The third-order valence-corrected chi connectivity index (χ3v) is 5.44. The Hall–Kier alpha value is -3.05. The molecule has 1 atom stereocenters. The van der Waals surface area contributed by atoms with Gasteiger partial charge in [-0.25, -0.2) is 4.98 Å². The van der Waals surface area contributed by atoms with Crippen LogP contribution in [0, 0.1) is 10.1 Å². The SMILES string of the molecule is CC(Sc1nccn1-c1cccc(Cl)c1)C(=O)Nc1ccc([N+](=O)[O-])cc1C(F)(F)F. The van der Waals surface area contributed by atoms with Crippen LogP contribution in [0.3, 0.4) is 0 Å². The molecular weight excluding hydrogens is 457 g/mol. The lowest BCUT2D eigenvalue weighted by Gasteiger charge is -2.16. The highest BCUT2D eigenvalue weighted by Gasteiger charge is 2.36. The quantitative estimate of drug-likeness (QED) is 0.289. The van der Waals surface area contributed by atoms with Crippen molar-refractivity contribution in [2.24, 2.45) is 0 Å². The number of nitro groups is 1. The number of amides is 1.